The Hall–Kier alpha value is -0.570. The molecule has 3 N–H and O–H groups in total. The van der Waals surface area contributed by atoms with Crippen molar-refractivity contribution in [3.63, 3.8) is 0 Å². The molecule has 0 saturated heterocycles. The minimum atomic E-state index is -0.320. The highest BCUT2D eigenvalue weighted by Gasteiger charge is 2.32. The largest absolute Gasteiger partial charge is 0.354 e. The van der Waals surface area contributed by atoms with Crippen LogP contribution in [0.5, 0.6) is 0 Å². The van der Waals surface area contributed by atoms with E-state index in [9.17, 15) is 4.79 Å². The Balaban J connectivity index is 2.10. The van der Waals surface area contributed by atoms with Crippen LogP contribution in [-0.4, -0.2) is 18.5 Å². The Morgan fingerprint density at radius 1 is 1.75 bits per heavy atom. The lowest BCUT2D eigenvalue weighted by molar-refractivity contribution is -0.122. The van der Waals surface area contributed by atoms with Crippen LogP contribution in [0.4, 0.5) is 0 Å². The van der Waals surface area contributed by atoms with Crippen LogP contribution in [0.15, 0.2) is 0 Å². The molecule has 0 aromatic rings. The Morgan fingerprint density at radius 3 is 2.75 bits per heavy atom. The molecule has 0 aromatic heterocycles. The summed E-state index contributed by atoms with van der Waals surface area (Å²) < 4.78 is 0. The maximum Gasteiger partial charge on any atom is 0.236 e. The van der Waals surface area contributed by atoms with Gasteiger partial charge in [-0.1, -0.05) is 13.8 Å². The summed E-state index contributed by atoms with van der Waals surface area (Å²) in [7, 11) is 0. The third-order valence-corrected chi connectivity index (χ3v) is 2.59. The molecule has 1 aliphatic carbocycles. The van der Waals surface area contributed by atoms with E-state index < -0.39 is 0 Å². The third-order valence-electron chi connectivity index (χ3n) is 2.59. The van der Waals surface area contributed by atoms with E-state index in [1.165, 1.54) is 6.42 Å². The number of nitrogens with two attached hydrogens (primary N) is 1. The summed E-state index contributed by atoms with van der Waals surface area (Å²) in [6, 6.07) is -0.320. The van der Waals surface area contributed by atoms with Gasteiger partial charge >= 0.3 is 0 Å². The number of amides is 1. The van der Waals surface area contributed by atoms with Crippen LogP contribution >= 0.6 is 0 Å². The summed E-state index contributed by atoms with van der Waals surface area (Å²) in [5, 5.41) is 2.86. The predicted octanol–water partition coefficient (Wildman–Crippen LogP) is 0.496. The topological polar surface area (TPSA) is 55.1 Å². The summed E-state index contributed by atoms with van der Waals surface area (Å²) in [5.41, 5.74) is 5.55. The smallest absolute Gasteiger partial charge is 0.236 e. The first-order chi connectivity index (χ1) is 5.65. The van der Waals surface area contributed by atoms with Crippen molar-refractivity contribution in [1.82, 2.24) is 5.32 Å². The molecule has 1 aliphatic rings. The van der Waals surface area contributed by atoms with E-state index in [-0.39, 0.29) is 11.9 Å². The fourth-order valence-corrected chi connectivity index (χ4v) is 1.23. The maximum atomic E-state index is 11.2. The summed E-state index contributed by atoms with van der Waals surface area (Å²) in [4.78, 5) is 11.2. The summed E-state index contributed by atoms with van der Waals surface area (Å²) >= 11 is 0. The second-order valence-electron chi connectivity index (χ2n) is 3.73. The molecule has 0 aromatic carbocycles. The summed E-state index contributed by atoms with van der Waals surface area (Å²) in [6.45, 7) is 4.94. The lowest BCUT2D eigenvalue weighted by Gasteiger charge is -2.08. The van der Waals surface area contributed by atoms with Gasteiger partial charge in [0.1, 0.15) is 0 Å². The van der Waals surface area contributed by atoms with Gasteiger partial charge in [0.15, 0.2) is 0 Å². The van der Waals surface area contributed by atoms with Crippen molar-refractivity contribution in [2.24, 2.45) is 17.6 Å². The first-order valence-corrected chi connectivity index (χ1v) is 4.68. The van der Waals surface area contributed by atoms with Crippen LogP contribution in [-0.2, 0) is 4.79 Å². The van der Waals surface area contributed by atoms with Gasteiger partial charge in [0.2, 0.25) is 5.91 Å². The minimum Gasteiger partial charge on any atom is -0.354 e. The zero-order valence-corrected chi connectivity index (χ0v) is 7.84. The van der Waals surface area contributed by atoms with Gasteiger partial charge in [-0.05, 0) is 24.7 Å². The number of hydrogen-bond donors (Lipinski definition) is 2. The molecule has 0 bridgehead atoms. The summed E-state index contributed by atoms with van der Waals surface area (Å²) in [6.07, 6.45) is 1.97. The van der Waals surface area contributed by atoms with E-state index in [1.54, 1.807) is 0 Å². The van der Waals surface area contributed by atoms with E-state index in [0.717, 1.165) is 12.5 Å². The zero-order chi connectivity index (χ0) is 9.14. The van der Waals surface area contributed by atoms with Crippen LogP contribution in [0.2, 0.25) is 0 Å². The fourth-order valence-electron chi connectivity index (χ4n) is 1.23. The van der Waals surface area contributed by atoms with Crippen LogP contribution in [0, 0.1) is 11.8 Å². The lowest BCUT2D eigenvalue weighted by Crippen LogP contribution is -2.40. The molecule has 3 heteroatoms. The number of carbonyl (C=O) groups excluding carboxylic acids is 1. The van der Waals surface area contributed by atoms with Crippen molar-refractivity contribution in [1.29, 1.82) is 0 Å². The van der Waals surface area contributed by atoms with Gasteiger partial charge in [-0.2, -0.15) is 0 Å². The molecule has 3 nitrogen and oxygen atoms in total. The van der Waals surface area contributed by atoms with Gasteiger partial charge in [0.25, 0.3) is 0 Å². The molecule has 0 spiro atoms. The van der Waals surface area contributed by atoms with Crippen LogP contribution in [0.25, 0.3) is 0 Å². The fraction of sp³-hybridized carbons (Fsp3) is 0.889. The Bertz CT molecular complexity index is 170. The van der Waals surface area contributed by atoms with Crippen molar-refractivity contribution in [3.8, 4) is 0 Å². The van der Waals surface area contributed by atoms with Crippen molar-refractivity contribution in [2.75, 3.05) is 6.54 Å². The number of nitrogens with one attached hydrogen (secondary N) is 1. The third kappa shape index (κ3) is 2.48. The van der Waals surface area contributed by atoms with Crippen LogP contribution in [0.3, 0.4) is 0 Å². The first-order valence-electron chi connectivity index (χ1n) is 4.68. The van der Waals surface area contributed by atoms with E-state index in [0.29, 0.717) is 12.3 Å². The van der Waals surface area contributed by atoms with Crippen LogP contribution in [0.1, 0.15) is 26.7 Å². The molecule has 1 fully saturated rings. The molecular weight excluding hydrogens is 152 g/mol. The van der Waals surface area contributed by atoms with Crippen molar-refractivity contribution in [3.05, 3.63) is 0 Å². The van der Waals surface area contributed by atoms with Gasteiger partial charge in [-0.15, -0.1) is 0 Å². The normalized spacial score (nSPS) is 29.6. The minimum absolute atomic E-state index is 0.00315. The Labute approximate surface area is 73.7 Å². The highest BCUT2D eigenvalue weighted by Crippen LogP contribution is 2.36. The quantitative estimate of drug-likeness (QED) is 0.645. The van der Waals surface area contributed by atoms with Gasteiger partial charge in [-0.3, -0.25) is 4.79 Å². The second-order valence-corrected chi connectivity index (χ2v) is 3.73. The molecule has 1 rings (SSSR count). The molecule has 1 amide bonds. The van der Waals surface area contributed by atoms with Crippen molar-refractivity contribution >= 4 is 5.91 Å². The maximum absolute atomic E-state index is 11.2. The van der Waals surface area contributed by atoms with E-state index in [4.69, 9.17) is 5.73 Å². The standard InChI is InChI=1S/C9H18N2O/c1-3-8(10)9(12)11-5-7-4-6(7)2/h6-8H,3-5,10H2,1-2H3,(H,11,12)/t6?,7?,8-/m0/s1. The lowest BCUT2D eigenvalue weighted by atomic mass is 10.2. The van der Waals surface area contributed by atoms with Crippen molar-refractivity contribution in [2.45, 2.75) is 32.7 Å². The molecule has 12 heavy (non-hydrogen) atoms. The van der Waals surface area contributed by atoms with E-state index >= 15 is 0 Å². The molecular formula is C9H18N2O. The van der Waals surface area contributed by atoms with Gasteiger partial charge in [0.05, 0.1) is 6.04 Å². The Kier molecular flexibility index (Phi) is 3.09. The number of rotatable bonds is 4. The van der Waals surface area contributed by atoms with E-state index in [2.05, 4.69) is 12.2 Å². The molecule has 3 atom stereocenters. The molecule has 2 unspecified atom stereocenters. The van der Waals surface area contributed by atoms with Crippen molar-refractivity contribution < 1.29 is 4.79 Å². The van der Waals surface area contributed by atoms with Gasteiger partial charge < -0.3 is 11.1 Å². The highest BCUT2D eigenvalue weighted by molar-refractivity contribution is 5.81. The SMILES string of the molecule is CC[C@H](N)C(=O)NCC1CC1C. The molecule has 0 radical (unpaired) electrons. The molecule has 0 aliphatic heterocycles. The van der Waals surface area contributed by atoms with Gasteiger partial charge in [-0.25, -0.2) is 0 Å². The first kappa shape index (κ1) is 9.52. The molecule has 0 heterocycles. The summed E-state index contributed by atoms with van der Waals surface area (Å²) in [5.74, 6) is 1.50. The van der Waals surface area contributed by atoms with Crippen LogP contribution < -0.4 is 11.1 Å². The van der Waals surface area contributed by atoms with E-state index in [1.807, 2.05) is 6.92 Å². The van der Waals surface area contributed by atoms with Gasteiger partial charge in [0, 0.05) is 6.54 Å². The Morgan fingerprint density at radius 2 is 2.33 bits per heavy atom. The zero-order valence-electron chi connectivity index (χ0n) is 7.84. The molecule has 70 valence electrons. The monoisotopic (exact) mass is 170 g/mol. The average Bonchev–Trinajstić information content (AvgIpc) is 2.76. The number of hydrogen-bond acceptors (Lipinski definition) is 2. The molecule has 1 saturated carbocycles. The second kappa shape index (κ2) is 3.90. The number of carbonyl (C=O) groups is 1. The average molecular weight is 170 g/mol. The predicted molar refractivity (Wildman–Crippen MR) is 48.5 cm³/mol. The highest BCUT2D eigenvalue weighted by atomic mass is 16.2.